The topological polar surface area (TPSA) is 45.2 Å². The Hall–Kier alpha value is -1.73. The number of rotatable bonds is 4. The molecule has 0 saturated carbocycles. The number of halogens is 1. The van der Waals surface area contributed by atoms with Gasteiger partial charge in [0.15, 0.2) is 5.13 Å². The maximum Gasteiger partial charge on any atom is 0.267 e. The van der Waals surface area contributed by atoms with Gasteiger partial charge in [-0.2, -0.15) is 0 Å². The van der Waals surface area contributed by atoms with Gasteiger partial charge in [0.2, 0.25) is 0 Å². The van der Waals surface area contributed by atoms with Gasteiger partial charge < -0.3 is 0 Å². The Bertz CT molecular complexity index is 874. The van der Waals surface area contributed by atoms with Crippen molar-refractivity contribution in [1.82, 2.24) is 9.88 Å². The summed E-state index contributed by atoms with van der Waals surface area (Å²) in [7, 11) is 0. The molecule has 25 heavy (non-hydrogen) atoms. The van der Waals surface area contributed by atoms with Crippen LogP contribution < -0.4 is 5.32 Å². The van der Waals surface area contributed by atoms with Crippen molar-refractivity contribution in [2.24, 2.45) is 0 Å². The van der Waals surface area contributed by atoms with Crippen molar-refractivity contribution in [2.45, 2.75) is 19.5 Å². The number of aromatic nitrogens is 1. The summed E-state index contributed by atoms with van der Waals surface area (Å²) >= 11 is 8.96. The zero-order valence-corrected chi connectivity index (χ0v) is 15.8. The first-order valence-corrected chi connectivity index (χ1v) is 10.0. The molecule has 4 rings (SSSR count). The number of nitrogens with one attached hydrogen (secondary N) is 1. The lowest BCUT2D eigenvalue weighted by molar-refractivity contribution is 0.103. The van der Waals surface area contributed by atoms with Crippen molar-refractivity contribution < 1.29 is 4.79 Å². The molecule has 3 heterocycles. The molecule has 0 saturated heterocycles. The van der Waals surface area contributed by atoms with Crippen molar-refractivity contribution in [3.8, 4) is 0 Å². The van der Waals surface area contributed by atoms with E-state index in [4.69, 9.17) is 11.6 Å². The van der Waals surface area contributed by atoms with Gasteiger partial charge in [0.05, 0.1) is 10.6 Å². The summed E-state index contributed by atoms with van der Waals surface area (Å²) in [6, 6.07) is 11.7. The van der Waals surface area contributed by atoms with E-state index in [9.17, 15) is 4.79 Å². The highest BCUT2D eigenvalue weighted by Gasteiger charge is 2.21. The molecule has 3 aromatic rings. The summed E-state index contributed by atoms with van der Waals surface area (Å²) in [5.41, 5.74) is 2.36. The second kappa shape index (κ2) is 7.25. The lowest BCUT2D eigenvalue weighted by Crippen LogP contribution is -2.29. The maximum absolute atomic E-state index is 12.2. The molecule has 0 spiro atoms. The average molecular weight is 390 g/mol. The number of fused-ring (bicyclic) bond motifs is 1. The highest BCUT2D eigenvalue weighted by molar-refractivity contribution is 7.16. The number of nitrogens with zero attached hydrogens (tertiary/aromatic N) is 2. The van der Waals surface area contributed by atoms with E-state index in [-0.39, 0.29) is 5.91 Å². The van der Waals surface area contributed by atoms with E-state index >= 15 is 0 Å². The van der Waals surface area contributed by atoms with Crippen LogP contribution >= 0.6 is 34.3 Å². The van der Waals surface area contributed by atoms with Crippen molar-refractivity contribution in [3.63, 3.8) is 0 Å². The van der Waals surface area contributed by atoms with Gasteiger partial charge in [0.25, 0.3) is 5.91 Å². The van der Waals surface area contributed by atoms with Gasteiger partial charge >= 0.3 is 0 Å². The third-order valence-electron chi connectivity index (χ3n) is 4.10. The number of anilines is 1. The Balaban J connectivity index is 1.42. The molecule has 0 unspecified atom stereocenters. The fourth-order valence-corrected chi connectivity index (χ4v) is 4.64. The molecule has 128 valence electrons. The number of thiazole rings is 1. The molecule has 7 heteroatoms. The molecule has 4 nitrogen and oxygen atoms in total. The lowest BCUT2D eigenvalue weighted by atomic mass is 10.1. The maximum atomic E-state index is 12.2. The van der Waals surface area contributed by atoms with Crippen molar-refractivity contribution in [1.29, 1.82) is 0 Å². The van der Waals surface area contributed by atoms with E-state index in [1.165, 1.54) is 21.8 Å². The van der Waals surface area contributed by atoms with Gasteiger partial charge in [-0.15, -0.1) is 22.7 Å². The van der Waals surface area contributed by atoms with Crippen molar-refractivity contribution in [3.05, 3.63) is 67.8 Å². The van der Waals surface area contributed by atoms with Gasteiger partial charge in [-0.3, -0.25) is 15.0 Å². The smallest absolute Gasteiger partial charge is 0.267 e. The average Bonchev–Trinajstić information content (AvgIpc) is 3.26. The van der Waals surface area contributed by atoms with Crippen molar-refractivity contribution in [2.75, 3.05) is 11.9 Å². The van der Waals surface area contributed by atoms with Crippen LogP contribution in [0.15, 0.2) is 41.8 Å². The Morgan fingerprint density at radius 3 is 2.88 bits per heavy atom. The standard InChI is InChI=1S/C18H16ClN3OS2/c19-13-5-3-12(4-6-13)10-22-8-7-14-16(11-22)25-18(20-14)21-17(23)15-2-1-9-24-15/h1-6,9H,7-8,10-11H2,(H,20,21,23). The lowest BCUT2D eigenvalue weighted by Gasteiger charge is -2.25. The molecule has 0 atom stereocenters. The van der Waals surface area contributed by atoms with E-state index in [0.717, 1.165) is 36.8 Å². The minimum atomic E-state index is -0.0842. The van der Waals surface area contributed by atoms with Crippen molar-refractivity contribution >= 4 is 45.3 Å². The van der Waals surface area contributed by atoms with Crippen LogP contribution in [0, 0.1) is 0 Å². The second-order valence-corrected chi connectivity index (χ2v) is 8.38. The van der Waals surface area contributed by atoms with E-state index in [0.29, 0.717) is 10.0 Å². The quantitative estimate of drug-likeness (QED) is 0.705. The number of amides is 1. The molecule has 2 aromatic heterocycles. The number of benzene rings is 1. The van der Waals surface area contributed by atoms with E-state index in [1.807, 2.05) is 29.6 Å². The first kappa shape index (κ1) is 16.7. The Morgan fingerprint density at radius 2 is 2.12 bits per heavy atom. The van der Waals surface area contributed by atoms with E-state index in [2.05, 4.69) is 27.3 Å². The van der Waals surface area contributed by atoms with Gasteiger partial charge in [0, 0.05) is 36.0 Å². The number of thiophene rings is 1. The minimum absolute atomic E-state index is 0.0842. The zero-order chi connectivity index (χ0) is 17.2. The Labute approximate surface area is 159 Å². The van der Waals surface area contributed by atoms with E-state index < -0.39 is 0 Å². The predicted octanol–water partition coefficient (Wildman–Crippen LogP) is 4.67. The summed E-state index contributed by atoms with van der Waals surface area (Å²) in [5.74, 6) is -0.0842. The Kier molecular flexibility index (Phi) is 4.85. The third-order valence-corrected chi connectivity index (χ3v) is 6.21. The van der Waals surface area contributed by atoms with Crippen LogP contribution in [-0.4, -0.2) is 22.3 Å². The molecule has 0 radical (unpaired) electrons. The predicted molar refractivity (Wildman–Crippen MR) is 104 cm³/mol. The molecule has 0 bridgehead atoms. The molecule has 0 aliphatic carbocycles. The molecule has 1 amide bonds. The third kappa shape index (κ3) is 3.93. The fourth-order valence-electron chi connectivity index (χ4n) is 2.85. The van der Waals surface area contributed by atoms with Crippen LogP contribution in [0.25, 0.3) is 0 Å². The van der Waals surface area contributed by atoms with Crippen LogP contribution in [0.1, 0.15) is 25.8 Å². The molecule has 0 fully saturated rings. The first-order chi connectivity index (χ1) is 12.2. The molecular weight excluding hydrogens is 374 g/mol. The normalized spacial score (nSPS) is 14.3. The molecule has 1 aliphatic heterocycles. The first-order valence-electron chi connectivity index (χ1n) is 7.97. The largest absolute Gasteiger partial charge is 0.297 e. The number of hydrogen-bond acceptors (Lipinski definition) is 5. The fraction of sp³-hybridized carbons (Fsp3) is 0.222. The number of carbonyl (C=O) groups is 1. The van der Waals surface area contributed by atoms with Gasteiger partial charge in [0.1, 0.15) is 0 Å². The van der Waals surface area contributed by atoms with Gasteiger partial charge in [-0.05, 0) is 29.1 Å². The number of carbonyl (C=O) groups excluding carboxylic acids is 1. The molecule has 1 N–H and O–H groups in total. The van der Waals surface area contributed by atoms with Crippen LogP contribution in [0.3, 0.4) is 0 Å². The van der Waals surface area contributed by atoms with Crippen LogP contribution in [0.4, 0.5) is 5.13 Å². The Morgan fingerprint density at radius 1 is 1.28 bits per heavy atom. The van der Waals surface area contributed by atoms with Crippen LogP contribution in [0.5, 0.6) is 0 Å². The second-order valence-electron chi connectivity index (χ2n) is 5.91. The summed E-state index contributed by atoms with van der Waals surface area (Å²) in [4.78, 5) is 21.1. The molecular formula is C18H16ClN3OS2. The molecule has 1 aromatic carbocycles. The van der Waals surface area contributed by atoms with Crippen LogP contribution in [0.2, 0.25) is 5.02 Å². The highest BCUT2D eigenvalue weighted by Crippen LogP contribution is 2.29. The van der Waals surface area contributed by atoms with Crippen LogP contribution in [-0.2, 0) is 19.5 Å². The summed E-state index contributed by atoms with van der Waals surface area (Å²) in [6.07, 6.45) is 0.911. The van der Waals surface area contributed by atoms with Gasteiger partial charge in [-0.1, -0.05) is 29.8 Å². The molecule has 1 aliphatic rings. The minimum Gasteiger partial charge on any atom is -0.297 e. The summed E-state index contributed by atoms with van der Waals surface area (Å²) in [5, 5.41) is 6.27. The monoisotopic (exact) mass is 389 g/mol. The zero-order valence-electron chi connectivity index (χ0n) is 13.4. The number of hydrogen-bond donors (Lipinski definition) is 1. The highest BCUT2D eigenvalue weighted by atomic mass is 35.5. The summed E-state index contributed by atoms with van der Waals surface area (Å²) < 4.78 is 0. The SMILES string of the molecule is O=C(Nc1nc2c(s1)CN(Cc1ccc(Cl)cc1)CC2)c1cccs1. The van der Waals surface area contributed by atoms with E-state index in [1.54, 1.807) is 11.3 Å². The summed E-state index contributed by atoms with van der Waals surface area (Å²) in [6.45, 7) is 2.73. The van der Waals surface area contributed by atoms with Gasteiger partial charge in [-0.25, -0.2) is 4.98 Å².